The molecule has 0 bridgehead atoms. The molecule has 29 heavy (non-hydrogen) atoms. The zero-order valence-corrected chi connectivity index (χ0v) is 17.5. The Bertz CT molecular complexity index is 893. The fourth-order valence-corrected chi connectivity index (χ4v) is 3.71. The predicted molar refractivity (Wildman–Crippen MR) is 112 cm³/mol. The molecule has 0 aromatic heterocycles. The zero-order valence-electron chi connectivity index (χ0n) is 15.9. The van der Waals surface area contributed by atoms with Crippen LogP contribution in [-0.2, 0) is 16.1 Å². The van der Waals surface area contributed by atoms with Gasteiger partial charge in [0, 0.05) is 23.2 Å². The average molecular weight is 464 g/mol. The highest BCUT2D eigenvalue weighted by Crippen LogP contribution is 2.23. The number of piperidine rings is 1. The second-order valence-electron chi connectivity index (χ2n) is 7.05. The summed E-state index contributed by atoms with van der Waals surface area (Å²) in [6, 6.07) is 11.9. The number of para-hydroxylation sites is 1. The number of rotatable bonds is 7. The van der Waals surface area contributed by atoms with Crippen molar-refractivity contribution in [2.24, 2.45) is 11.7 Å². The van der Waals surface area contributed by atoms with Gasteiger partial charge in [0.1, 0.15) is 0 Å². The lowest BCUT2D eigenvalue weighted by atomic mass is 9.97. The maximum atomic E-state index is 13.8. The van der Waals surface area contributed by atoms with Crippen LogP contribution in [0.4, 0.5) is 10.1 Å². The molecule has 2 aromatic carbocycles. The molecule has 8 heteroatoms. The van der Waals surface area contributed by atoms with Crippen molar-refractivity contribution in [1.29, 1.82) is 0 Å². The third kappa shape index (κ3) is 6.01. The number of likely N-dealkylation sites (tertiary alicyclic amines) is 1. The Balaban J connectivity index is 1.59. The number of hydrogen-bond acceptors (Lipinski definition) is 4. The second kappa shape index (κ2) is 9.84. The number of carbonyl (C=O) groups excluding carboxylic acids is 2. The number of halogens is 2. The minimum atomic E-state index is -0.540. The van der Waals surface area contributed by atoms with Crippen LogP contribution >= 0.6 is 15.9 Å². The average Bonchev–Trinajstić information content (AvgIpc) is 2.69. The van der Waals surface area contributed by atoms with Crippen molar-refractivity contribution in [3.63, 3.8) is 0 Å². The molecule has 0 saturated carbocycles. The molecule has 2 amide bonds. The first kappa shape index (κ1) is 21.3. The largest absolute Gasteiger partial charge is 0.481 e. The molecule has 1 atom stereocenters. The van der Waals surface area contributed by atoms with E-state index < -0.39 is 5.82 Å². The Morgan fingerprint density at radius 2 is 2.07 bits per heavy atom. The number of amides is 2. The van der Waals surface area contributed by atoms with E-state index in [1.807, 2.05) is 24.3 Å². The third-order valence-corrected chi connectivity index (χ3v) is 5.34. The molecule has 1 saturated heterocycles. The fourth-order valence-electron chi connectivity index (χ4n) is 3.37. The van der Waals surface area contributed by atoms with Crippen LogP contribution in [0, 0.1) is 11.7 Å². The fraction of sp³-hybridized carbons (Fsp3) is 0.333. The van der Waals surface area contributed by atoms with E-state index in [1.54, 1.807) is 6.07 Å². The molecular weight excluding hydrogens is 441 g/mol. The quantitative estimate of drug-likeness (QED) is 0.659. The number of anilines is 1. The normalized spacial score (nSPS) is 17.0. The number of ether oxygens (including phenoxy) is 1. The Kier molecular flexibility index (Phi) is 7.22. The smallest absolute Gasteiger partial charge is 0.262 e. The molecule has 1 fully saturated rings. The van der Waals surface area contributed by atoms with Crippen LogP contribution in [0.1, 0.15) is 18.4 Å². The molecule has 1 unspecified atom stereocenters. The molecule has 0 aliphatic carbocycles. The van der Waals surface area contributed by atoms with E-state index in [0.29, 0.717) is 23.2 Å². The summed E-state index contributed by atoms with van der Waals surface area (Å²) in [5.74, 6) is -1.31. The van der Waals surface area contributed by atoms with E-state index in [9.17, 15) is 14.0 Å². The van der Waals surface area contributed by atoms with Gasteiger partial charge in [0.25, 0.3) is 5.91 Å². The number of hydrogen-bond donors (Lipinski definition) is 2. The third-order valence-electron chi connectivity index (χ3n) is 4.85. The Labute approximate surface area is 177 Å². The Morgan fingerprint density at radius 1 is 1.28 bits per heavy atom. The molecule has 1 aliphatic rings. The van der Waals surface area contributed by atoms with Crippen LogP contribution in [0.5, 0.6) is 5.75 Å². The highest BCUT2D eigenvalue weighted by molar-refractivity contribution is 9.10. The summed E-state index contributed by atoms with van der Waals surface area (Å²) in [7, 11) is 0. The molecular formula is C21H23BrFN3O3. The van der Waals surface area contributed by atoms with Crippen molar-refractivity contribution in [2.45, 2.75) is 19.4 Å². The molecule has 1 heterocycles. The molecule has 0 radical (unpaired) electrons. The number of nitrogens with one attached hydrogen (secondary N) is 1. The predicted octanol–water partition coefficient (Wildman–Crippen LogP) is 3.30. The van der Waals surface area contributed by atoms with Gasteiger partial charge in [0.2, 0.25) is 5.91 Å². The van der Waals surface area contributed by atoms with Gasteiger partial charge >= 0.3 is 0 Å². The van der Waals surface area contributed by atoms with Gasteiger partial charge in [-0.15, -0.1) is 0 Å². The molecule has 154 valence electrons. The molecule has 0 spiro atoms. The van der Waals surface area contributed by atoms with Crippen LogP contribution in [-0.4, -0.2) is 36.4 Å². The van der Waals surface area contributed by atoms with Crippen molar-refractivity contribution in [3.8, 4) is 5.75 Å². The maximum Gasteiger partial charge on any atom is 0.262 e. The highest BCUT2D eigenvalue weighted by atomic mass is 79.9. The van der Waals surface area contributed by atoms with E-state index in [-0.39, 0.29) is 30.1 Å². The number of nitrogens with zero attached hydrogens (tertiary/aromatic N) is 1. The summed E-state index contributed by atoms with van der Waals surface area (Å²) in [6.45, 7) is 1.78. The van der Waals surface area contributed by atoms with E-state index in [0.717, 1.165) is 24.9 Å². The molecule has 1 aliphatic heterocycles. The minimum absolute atomic E-state index is 0.0162. The first-order chi connectivity index (χ1) is 13.9. The Hall–Kier alpha value is -2.45. The highest BCUT2D eigenvalue weighted by Gasteiger charge is 2.24. The zero-order chi connectivity index (χ0) is 20.8. The van der Waals surface area contributed by atoms with Gasteiger partial charge in [-0.1, -0.05) is 34.1 Å². The van der Waals surface area contributed by atoms with Gasteiger partial charge in [0.05, 0.1) is 5.92 Å². The van der Waals surface area contributed by atoms with Crippen molar-refractivity contribution in [1.82, 2.24) is 4.90 Å². The summed E-state index contributed by atoms with van der Waals surface area (Å²) in [5, 5.41) is 2.82. The first-order valence-electron chi connectivity index (χ1n) is 9.39. The van der Waals surface area contributed by atoms with Gasteiger partial charge in [-0.25, -0.2) is 4.39 Å². The second-order valence-corrected chi connectivity index (χ2v) is 7.96. The minimum Gasteiger partial charge on any atom is -0.481 e. The van der Waals surface area contributed by atoms with Crippen LogP contribution in [0.2, 0.25) is 0 Å². The summed E-state index contributed by atoms with van der Waals surface area (Å²) in [6.07, 6.45) is 1.73. The van der Waals surface area contributed by atoms with Crippen molar-refractivity contribution in [2.75, 3.05) is 25.0 Å². The maximum absolute atomic E-state index is 13.8. The lowest BCUT2D eigenvalue weighted by Gasteiger charge is -2.31. The summed E-state index contributed by atoms with van der Waals surface area (Å²) in [4.78, 5) is 26.0. The summed E-state index contributed by atoms with van der Waals surface area (Å²) >= 11 is 3.18. The van der Waals surface area contributed by atoms with Crippen LogP contribution in [0.25, 0.3) is 0 Å². The lowest BCUT2D eigenvalue weighted by molar-refractivity contribution is -0.123. The molecule has 6 nitrogen and oxygen atoms in total. The van der Waals surface area contributed by atoms with E-state index in [4.69, 9.17) is 10.5 Å². The SMILES string of the molecule is NC(=O)C1CCCN(Cc2ccccc2NC(=O)COc2ccc(Br)cc2F)C1. The van der Waals surface area contributed by atoms with Gasteiger partial charge < -0.3 is 15.8 Å². The van der Waals surface area contributed by atoms with Gasteiger partial charge in [-0.05, 0) is 49.2 Å². The molecule has 3 rings (SSSR count). The summed E-state index contributed by atoms with van der Waals surface area (Å²) < 4.78 is 19.7. The van der Waals surface area contributed by atoms with E-state index in [1.165, 1.54) is 12.1 Å². The standard InChI is InChI=1S/C21H23BrFN3O3/c22-16-7-8-19(17(23)10-16)29-13-20(27)25-18-6-2-1-4-14(18)11-26-9-3-5-15(12-26)21(24)28/h1-2,4,6-8,10,15H,3,5,9,11-13H2,(H2,24,28)(H,25,27). The van der Waals surface area contributed by atoms with Gasteiger partial charge in [-0.3, -0.25) is 14.5 Å². The summed E-state index contributed by atoms with van der Waals surface area (Å²) in [5.41, 5.74) is 7.05. The van der Waals surface area contributed by atoms with E-state index >= 15 is 0 Å². The van der Waals surface area contributed by atoms with Crippen molar-refractivity contribution in [3.05, 3.63) is 58.3 Å². The first-order valence-corrected chi connectivity index (χ1v) is 10.2. The van der Waals surface area contributed by atoms with Gasteiger partial charge in [0.15, 0.2) is 18.2 Å². The number of nitrogens with two attached hydrogens (primary N) is 1. The van der Waals surface area contributed by atoms with Gasteiger partial charge in [-0.2, -0.15) is 0 Å². The molecule has 3 N–H and O–H groups in total. The van der Waals surface area contributed by atoms with Crippen LogP contribution in [0.3, 0.4) is 0 Å². The van der Waals surface area contributed by atoms with Crippen molar-refractivity contribution < 1.29 is 18.7 Å². The lowest BCUT2D eigenvalue weighted by Crippen LogP contribution is -2.40. The van der Waals surface area contributed by atoms with Crippen molar-refractivity contribution >= 4 is 33.4 Å². The number of primary amides is 1. The monoisotopic (exact) mass is 463 g/mol. The topological polar surface area (TPSA) is 84.7 Å². The van der Waals surface area contributed by atoms with Crippen LogP contribution < -0.4 is 15.8 Å². The van der Waals surface area contributed by atoms with E-state index in [2.05, 4.69) is 26.1 Å². The number of carbonyl (C=O) groups is 2. The molecule has 2 aromatic rings. The number of benzene rings is 2. The Morgan fingerprint density at radius 3 is 2.83 bits per heavy atom. The van der Waals surface area contributed by atoms with Crippen LogP contribution in [0.15, 0.2) is 46.9 Å².